The Hall–Kier alpha value is -2.81. The van der Waals surface area contributed by atoms with Crippen molar-refractivity contribution < 1.29 is 14.6 Å². The van der Waals surface area contributed by atoms with Crippen molar-refractivity contribution in [2.75, 3.05) is 0 Å². The quantitative estimate of drug-likeness (QED) is 0.728. The summed E-state index contributed by atoms with van der Waals surface area (Å²) in [6.07, 6.45) is 0.323. The summed E-state index contributed by atoms with van der Waals surface area (Å²) in [5, 5.41) is 11.7. The third-order valence-corrected chi connectivity index (χ3v) is 4.18. The van der Waals surface area contributed by atoms with Crippen molar-refractivity contribution in [2.45, 2.75) is 25.9 Å². The summed E-state index contributed by atoms with van der Waals surface area (Å²) in [5.74, 6) is -0.371. The Morgan fingerprint density at radius 3 is 2.33 bits per heavy atom. The van der Waals surface area contributed by atoms with Crippen molar-refractivity contribution in [2.24, 2.45) is 0 Å². The lowest BCUT2D eigenvalue weighted by Crippen LogP contribution is -2.29. The molecule has 24 heavy (non-hydrogen) atoms. The molecule has 0 fully saturated rings. The van der Waals surface area contributed by atoms with Crippen LogP contribution >= 0.6 is 0 Å². The molecule has 0 amide bonds. The second-order valence-electron chi connectivity index (χ2n) is 5.78. The molecule has 0 saturated carbocycles. The van der Waals surface area contributed by atoms with Gasteiger partial charge in [0.15, 0.2) is 6.10 Å². The van der Waals surface area contributed by atoms with Crippen molar-refractivity contribution in [1.29, 1.82) is 0 Å². The molecule has 1 atom stereocenters. The van der Waals surface area contributed by atoms with E-state index in [1.807, 2.05) is 66.7 Å². The van der Waals surface area contributed by atoms with Gasteiger partial charge < -0.3 is 9.84 Å². The minimum absolute atomic E-state index is 0.353. The number of fused-ring (bicyclic) bond motifs is 1. The van der Waals surface area contributed by atoms with Crippen molar-refractivity contribution in [1.82, 2.24) is 0 Å². The Labute approximate surface area is 141 Å². The number of hydrogen-bond acceptors (Lipinski definition) is 2. The van der Waals surface area contributed by atoms with Crippen LogP contribution in [0.1, 0.15) is 18.1 Å². The van der Waals surface area contributed by atoms with Crippen molar-refractivity contribution in [3.05, 3.63) is 77.9 Å². The van der Waals surface area contributed by atoms with Gasteiger partial charge in [0.05, 0.1) is 0 Å². The smallest absolute Gasteiger partial charge is 0.345 e. The summed E-state index contributed by atoms with van der Waals surface area (Å²) in [5.41, 5.74) is 2.18. The fraction of sp³-hybridized carbons (Fsp3) is 0.190. The number of hydrogen-bond donors (Lipinski definition) is 1. The second kappa shape index (κ2) is 7.18. The first-order chi connectivity index (χ1) is 11.7. The van der Waals surface area contributed by atoms with Gasteiger partial charge in [-0.3, -0.25) is 0 Å². The molecule has 3 aromatic rings. The average Bonchev–Trinajstić information content (AvgIpc) is 2.61. The van der Waals surface area contributed by atoms with Crippen molar-refractivity contribution in [3.8, 4) is 5.75 Å². The summed E-state index contributed by atoms with van der Waals surface area (Å²) in [6.45, 7) is 2.07. The standard InChI is InChI=1S/C21H20O3/c1-2-15-7-3-5-10-18(15)14-20(21(22)23)24-19-12-11-16-8-4-6-9-17(16)13-19/h3-13,20H,2,14H2,1H3,(H,22,23). The second-order valence-corrected chi connectivity index (χ2v) is 5.78. The predicted octanol–water partition coefficient (Wildman–Crippen LogP) is 4.48. The van der Waals surface area contributed by atoms with Crippen LogP contribution in [0.2, 0.25) is 0 Å². The highest BCUT2D eigenvalue weighted by molar-refractivity contribution is 5.84. The van der Waals surface area contributed by atoms with Gasteiger partial charge in [-0.15, -0.1) is 0 Å². The lowest BCUT2D eigenvalue weighted by molar-refractivity contribution is -0.145. The summed E-state index contributed by atoms with van der Waals surface area (Å²) in [4.78, 5) is 11.6. The van der Waals surface area contributed by atoms with Crippen LogP contribution in [0.25, 0.3) is 10.8 Å². The molecule has 0 bridgehead atoms. The summed E-state index contributed by atoms with van der Waals surface area (Å²) < 4.78 is 5.79. The molecule has 0 aliphatic heterocycles. The largest absolute Gasteiger partial charge is 0.478 e. The summed E-state index contributed by atoms with van der Waals surface area (Å²) in [6, 6.07) is 21.5. The topological polar surface area (TPSA) is 46.5 Å². The number of aliphatic carboxylic acids is 1. The Balaban J connectivity index is 1.84. The summed E-state index contributed by atoms with van der Waals surface area (Å²) in [7, 11) is 0. The Kier molecular flexibility index (Phi) is 4.80. The molecular formula is C21H20O3. The molecular weight excluding hydrogens is 300 g/mol. The predicted molar refractivity (Wildman–Crippen MR) is 95.5 cm³/mol. The third-order valence-electron chi connectivity index (χ3n) is 4.18. The number of carbonyl (C=O) groups is 1. The zero-order valence-electron chi connectivity index (χ0n) is 13.6. The molecule has 0 heterocycles. The first-order valence-electron chi connectivity index (χ1n) is 8.12. The van der Waals surface area contributed by atoms with Gasteiger partial charge >= 0.3 is 5.97 Å². The number of aryl methyl sites for hydroxylation is 1. The van der Waals surface area contributed by atoms with Gasteiger partial charge in [0.25, 0.3) is 0 Å². The number of rotatable bonds is 6. The monoisotopic (exact) mass is 320 g/mol. The van der Waals surface area contributed by atoms with E-state index in [4.69, 9.17) is 4.74 Å². The molecule has 1 N–H and O–H groups in total. The molecule has 3 rings (SSSR count). The Morgan fingerprint density at radius 2 is 1.62 bits per heavy atom. The van der Waals surface area contributed by atoms with Crippen LogP contribution in [0.3, 0.4) is 0 Å². The van der Waals surface area contributed by atoms with E-state index in [1.54, 1.807) is 0 Å². The molecule has 0 saturated heterocycles. The van der Waals surface area contributed by atoms with Crippen LogP contribution in [-0.2, 0) is 17.6 Å². The highest BCUT2D eigenvalue weighted by Crippen LogP contribution is 2.23. The highest BCUT2D eigenvalue weighted by atomic mass is 16.5. The first kappa shape index (κ1) is 16.1. The van der Waals surface area contributed by atoms with Crippen LogP contribution < -0.4 is 4.74 Å². The van der Waals surface area contributed by atoms with E-state index in [-0.39, 0.29) is 0 Å². The van der Waals surface area contributed by atoms with Gasteiger partial charge in [0.1, 0.15) is 5.75 Å². The minimum Gasteiger partial charge on any atom is -0.478 e. The van der Waals surface area contributed by atoms with Gasteiger partial charge in [-0.2, -0.15) is 0 Å². The molecule has 0 aliphatic rings. The Bertz CT molecular complexity index is 854. The average molecular weight is 320 g/mol. The van der Waals surface area contributed by atoms with Crippen LogP contribution in [0.15, 0.2) is 66.7 Å². The molecule has 3 aromatic carbocycles. The van der Waals surface area contributed by atoms with E-state index < -0.39 is 12.1 Å². The van der Waals surface area contributed by atoms with Gasteiger partial charge in [0.2, 0.25) is 0 Å². The van der Waals surface area contributed by atoms with E-state index in [0.29, 0.717) is 12.2 Å². The van der Waals surface area contributed by atoms with Crippen LogP contribution in [0, 0.1) is 0 Å². The zero-order chi connectivity index (χ0) is 16.9. The lowest BCUT2D eigenvalue weighted by atomic mass is 10.00. The molecule has 3 heteroatoms. The fourth-order valence-electron chi connectivity index (χ4n) is 2.89. The number of benzene rings is 3. The van der Waals surface area contributed by atoms with Crippen molar-refractivity contribution in [3.63, 3.8) is 0 Å². The Morgan fingerprint density at radius 1 is 0.958 bits per heavy atom. The molecule has 122 valence electrons. The van der Waals surface area contributed by atoms with Gasteiger partial charge in [-0.25, -0.2) is 4.79 Å². The van der Waals surface area contributed by atoms with E-state index in [1.165, 1.54) is 0 Å². The first-order valence-corrected chi connectivity index (χ1v) is 8.12. The van der Waals surface area contributed by atoms with E-state index >= 15 is 0 Å². The highest BCUT2D eigenvalue weighted by Gasteiger charge is 2.21. The van der Waals surface area contributed by atoms with E-state index in [0.717, 1.165) is 28.3 Å². The van der Waals surface area contributed by atoms with Gasteiger partial charge in [-0.1, -0.05) is 61.5 Å². The molecule has 3 nitrogen and oxygen atoms in total. The molecule has 0 radical (unpaired) electrons. The maximum atomic E-state index is 11.6. The molecule has 1 unspecified atom stereocenters. The van der Waals surface area contributed by atoms with Gasteiger partial charge in [-0.05, 0) is 40.5 Å². The normalized spacial score (nSPS) is 12.0. The van der Waals surface area contributed by atoms with Crippen LogP contribution in [0.4, 0.5) is 0 Å². The van der Waals surface area contributed by atoms with E-state index in [9.17, 15) is 9.90 Å². The third kappa shape index (κ3) is 3.57. The molecule has 0 spiro atoms. The SMILES string of the molecule is CCc1ccccc1CC(Oc1ccc2ccccc2c1)C(=O)O. The summed E-state index contributed by atoms with van der Waals surface area (Å²) >= 11 is 0. The van der Waals surface area contributed by atoms with Crippen LogP contribution in [0.5, 0.6) is 5.75 Å². The maximum Gasteiger partial charge on any atom is 0.345 e. The number of carboxylic acids is 1. The minimum atomic E-state index is -0.950. The number of ether oxygens (including phenoxy) is 1. The zero-order valence-corrected chi connectivity index (χ0v) is 13.6. The maximum absolute atomic E-state index is 11.6. The number of carboxylic acid groups (broad SMARTS) is 1. The lowest BCUT2D eigenvalue weighted by Gasteiger charge is -2.17. The van der Waals surface area contributed by atoms with Gasteiger partial charge in [0, 0.05) is 6.42 Å². The molecule has 0 aromatic heterocycles. The van der Waals surface area contributed by atoms with E-state index in [2.05, 4.69) is 6.92 Å². The van der Waals surface area contributed by atoms with Crippen LogP contribution in [-0.4, -0.2) is 17.2 Å². The fourth-order valence-corrected chi connectivity index (χ4v) is 2.89. The molecule has 0 aliphatic carbocycles. The van der Waals surface area contributed by atoms with Crippen molar-refractivity contribution >= 4 is 16.7 Å².